The van der Waals surface area contributed by atoms with Crippen LogP contribution in [0.2, 0.25) is 0 Å². The van der Waals surface area contributed by atoms with Crippen molar-refractivity contribution < 1.29 is 31.1 Å². The number of ether oxygens (including phenoxy) is 1. The predicted molar refractivity (Wildman–Crippen MR) is 137 cm³/mol. The molecule has 1 amide bonds. The first-order valence-corrected chi connectivity index (χ1v) is 13.2. The van der Waals surface area contributed by atoms with Crippen molar-refractivity contribution >= 4 is 21.4 Å². The fraction of sp³-hybridized carbons (Fsp3) is 0.185. The van der Waals surface area contributed by atoms with Gasteiger partial charge in [-0.15, -0.1) is 13.2 Å². The molecule has 0 radical (unpaired) electrons. The van der Waals surface area contributed by atoms with Crippen LogP contribution in [-0.2, 0) is 28.1 Å². The van der Waals surface area contributed by atoms with Gasteiger partial charge < -0.3 is 10.1 Å². The highest BCUT2D eigenvalue weighted by Gasteiger charge is 2.33. The molecule has 0 spiro atoms. The molecule has 3 aromatic carbocycles. The number of benzene rings is 3. The van der Waals surface area contributed by atoms with Gasteiger partial charge in [0.2, 0.25) is 5.91 Å². The Bertz CT molecular complexity index is 1550. The number of hydrogen-bond donors (Lipinski definition) is 1. The van der Waals surface area contributed by atoms with Crippen LogP contribution in [0.25, 0.3) is 22.3 Å². The molecule has 11 heteroatoms. The van der Waals surface area contributed by atoms with Crippen LogP contribution < -0.4 is 10.1 Å². The van der Waals surface area contributed by atoms with Crippen LogP contribution >= 0.6 is 0 Å². The fourth-order valence-corrected chi connectivity index (χ4v) is 4.82. The van der Waals surface area contributed by atoms with Crippen LogP contribution in [0.3, 0.4) is 0 Å². The van der Waals surface area contributed by atoms with E-state index >= 15 is 0 Å². The first kappa shape index (κ1) is 26.9. The average molecular weight is 544 g/mol. The van der Waals surface area contributed by atoms with E-state index in [2.05, 4.69) is 15.2 Å². The summed E-state index contributed by atoms with van der Waals surface area (Å²) < 4.78 is 69.2. The summed E-state index contributed by atoms with van der Waals surface area (Å²) in [6.07, 6.45) is -1.62. The Morgan fingerprint density at radius 2 is 1.68 bits per heavy atom. The Morgan fingerprint density at radius 3 is 2.26 bits per heavy atom. The molecule has 198 valence electrons. The number of aromatic nitrogens is 2. The summed E-state index contributed by atoms with van der Waals surface area (Å²) in [5.74, 6) is -0.704. The molecule has 1 N–H and O–H groups in total. The molecule has 0 aliphatic heterocycles. The molecule has 1 heterocycles. The van der Waals surface area contributed by atoms with Gasteiger partial charge in [-0.2, -0.15) is 5.10 Å². The van der Waals surface area contributed by atoms with Crippen LogP contribution in [0.5, 0.6) is 5.75 Å². The number of halogens is 3. The molecule has 7 nitrogen and oxygen atoms in total. The number of hydrogen-bond acceptors (Lipinski definition) is 5. The van der Waals surface area contributed by atoms with E-state index in [1.165, 1.54) is 24.3 Å². The van der Waals surface area contributed by atoms with Gasteiger partial charge in [0.1, 0.15) is 5.75 Å². The summed E-state index contributed by atoms with van der Waals surface area (Å²) in [5, 5.41) is 6.86. The second-order valence-corrected chi connectivity index (χ2v) is 10.8. The predicted octanol–water partition coefficient (Wildman–Crippen LogP) is 5.63. The van der Waals surface area contributed by atoms with Gasteiger partial charge in [-0.1, -0.05) is 43.3 Å². The Hall–Kier alpha value is -4.12. The third-order valence-electron chi connectivity index (χ3n) is 5.75. The van der Waals surface area contributed by atoms with Crippen molar-refractivity contribution in [2.45, 2.75) is 24.6 Å². The van der Waals surface area contributed by atoms with E-state index in [0.29, 0.717) is 27.9 Å². The lowest BCUT2D eigenvalue weighted by Crippen LogP contribution is -2.17. The van der Waals surface area contributed by atoms with Gasteiger partial charge in [-0.25, -0.2) is 8.42 Å². The van der Waals surface area contributed by atoms with Crippen molar-refractivity contribution in [3.8, 4) is 28.0 Å². The molecule has 4 aromatic rings. The number of carbonyl (C=O) groups is 1. The molecule has 0 unspecified atom stereocenters. The number of nitrogens with one attached hydrogen (secondary N) is 1. The highest BCUT2D eigenvalue weighted by molar-refractivity contribution is 7.91. The third-order valence-corrected chi connectivity index (χ3v) is 7.50. The van der Waals surface area contributed by atoms with E-state index in [0.717, 1.165) is 0 Å². The van der Waals surface area contributed by atoms with E-state index in [-0.39, 0.29) is 34.3 Å². The largest absolute Gasteiger partial charge is 0.573 e. The van der Waals surface area contributed by atoms with Crippen molar-refractivity contribution in [2.24, 2.45) is 7.05 Å². The van der Waals surface area contributed by atoms with Gasteiger partial charge in [0.25, 0.3) is 0 Å². The lowest BCUT2D eigenvalue weighted by Gasteiger charge is -2.17. The van der Waals surface area contributed by atoms with Crippen molar-refractivity contribution in [3.63, 3.8) is 0 Å². The van der Waals surface area contributed by atoms with Crippen LogP contribution in [0, 0.1) is 0 Å². The first-order chi connectivity index (χ1) is 17.9. The SMILES string of the molecule is CCS(=O)(=O)c1ccc(CC(=O)Nc2ccc(-c3c(OC(F)(F)F)cccc3-c3cnn(C)c3)cc2)cc1. The Kier molecular flexibility index (Phi) is 7.58. The number of rotatable bonds is 8. The molecule has 0 aliphatic carbocycles. The molecule has 0 saturated carbocycles. The Balaban J connectivity index is 1.56. The van der Waals surface area contributed by atoms with Gasteiger partial charge in [-0.3, -0.25) is 9.48 Å². The minimum atomic E-state index is -4.88. The second-order valence-electron chi connectivity index (χ2n) is 8.48. The van der Waals surface area contributed by atoms with E-state index in [9.17, 15) is 26.4 Å². The molecule has 0 saturated heterocycles. The molecule has 0 atom stereocenters. The minimum absolute atomic E-state index is 0.0145. The Labute approximate surface area is 217 Å². The zero-order valence-electron chi connectivity index (χ0n) is 20.5. The summed E-state index contributed by atoms with van der Waals surface area (Å²) in [5.41, 5.74) is 2.89. The number of amides is 1. The van der Waals surface area contributed by atoms with Gasteiger partial charge >= 0.3 is 6.36 Å². The third kappa shape index (κ3) is 6.41. The van der Waals surface area contributed by atoms with E-state index < -0.39 is 16.2 Å². The van der Waals surface area contributed by atoms with E-state index in [1.54, 1.807) is 73.5 Å². The molecule has 0 aliphatic rings. The molecule has 38 heavy (non-hydrogen) atoms. The van der Waals surface area contributed by atoms with Crippen LogP contribution in [0.15, 0.2) is 84.0 Å². The van der Waals surface area contributed by atoms with Crippen LogP contribution in [0.4, 0.5) is 18.9 Å². The quantitative estimate of drug-likeness (QED) is 0.311. The monoisotopic (exact) mass is 543 g/mol. The zero-order chi connectivity index (χ0) is 27.5. The van der Waals surface area contributed by atoms with Gasteiger partial charge in [0.15, 0.2) is 9.84 Å². The normalized spacial score (nSPS) is 11.8. The molecule has 1 aromatic heterocycles. The lowest BCUT2D eigenvalue weighted by molar-refractivity contribution is -0.274. The smallest absolute Gasteiger partial charge is 0.405 e. The summed E-state index contributed by atoms with van der Waals surface area (Å²) in [7, 11) is -1.62. The first-order valence-electron chi connectivity index (χ1n) is 11.5. The zero-order valence-corrected chi connectivity index (χ0v) is 21.3. The average Bonchev–Trinajstić information content (AvgIpc) is 3.30. The molecule has 0 bridgehead atoms. The standard InChI is InChI=1S/C27H24F3N3O4S/c1-3-38(35,36)22-13-7-18(8-14-22)15-25(34)32-21-11-9-19(10-12-21)26-23(20-16-31-33(2)17-20)5-4-6-24(26)37-27(28,29)30/h4-14,16-17H,3,15H2,1-2H3,(H,32,34). The number of carbonyl (C=O) groups excluding carboxylic acids is 1. The summed E-state index contributed by atoms with van der Waals surface area (Å²) >= 11 is 0. The summed E-state index contributed by atoms with van der Waals surface area (Å²) in [6.45, 7) is 1.56. The molecular weight excluding hydrogens is 519 g/mol. The summed E-state index contributed by atoms with van der Waals surface area (Å²) in [6, 6.07) is 16.9. The molecule has 0 fully saturated rings. The van der Waals surface area contributed by atoms with Crippen molar-refractivity contribution in [1.29, 1.82) is 0 Å². The van der Waals surface area contributed by atoms with E-state index in [4.69, 9.17) is 0 Å². The molecular formula is C27H24F3N3O4S. The topological polar surface area (TPSA) is 90.3 Å². The second kappa shape index (κ2) is 10.7. The fourth-order valence-electron chi connectivity index (χ4n) is 3.93. The number of alkyl halides is 3. The number of sulfone groups is 1. The number of aryl methyl sites for hydroxylation is 1. The van der Waals surface area contributed by atoms with Gasteiger partial charge in [-0.05, 0) is 47.0 Å². The van der Waals surface area contributed by atoms with Crippen molar-refractivity contribution in [1.82, 2.24) is 9.78 Å². The summed E-state index contributed by atoms with van der Waals surface area (Å²) in [4.78, 5) is 12.7. The van der Waals surface area contributed by atoms with Crippen molar-refractivity contribution in [3.05, 3.63) is 84.7 Å². The maximum absolute atomic E-state index is 13.1. The maximum atomic E-state index is 13.1. The number of anilines is 1. The van der Waals surface area contributed by atoms with Gasteiger partial charge in [0.05, 0.1) is 23.3 Å². The highest BCUT2D eigenvalue weighted by Crippen LogP contribution is 2.41. The van der Waals surface area contributed by atoms with Crippen molar-refractivity contribution in [2.75, 3.05) is 11.1 Å². The van der Waals surface area contributed by atoms with Crippen LogP contribution in [0.1, 0.15) is 12.5 Å². The van der Waals surface area contributed by atoms with Crippen LogP contribution in [-0.4, -0.2) is 36.2 Å². The Morgan fingerprint density at radius 1 is 1.00 bits per heavy atom. The minimum Gasteiger partial charge on any atom is -0.405 e. The van der Waals surface area contributed by atoms with Gasteiger partial charge in [0, 0.05) is 30.1 Å². The maximum Gasteiger partial charge on any atom is 0.573 e. The number of nitrogens with zero attached hydrogens (tertiary/aromatic N) is 2. The highest BCUT2D eigenvalue weighted by atomic mass is 32.2. The molecule has 4 rings (SSSR count). The van der Waals surface area contributed by atoms with E-state index in [1.807, 2.05) is 0 Å². The lowest BCUT2D eigenvalue weighted by atomic mass is 9.95.